The van der Waals surface area contributed by atoms with E-state index in [2.05, 4.69) is 89.4 Å². The van der Waals surface area contributed by atoms with E-state index in [9.17, 15) is 71.9 Å². The van der Waals surface area contributed by atoms with Crippen molar-refractivity contribution in [1.29, 1.82) is 0 Å². The van der Waals surface area contributed by atoms with Gasteiger partial charge >= 0.3 is 55.1 Å². The summed E-state index contributed by atoms with van der Waals surface area (Å²) in [5.74, 6) is -1.82. The van der Waals surface area contributed by atoms with Crippen molar-refractivity contribution in [1.82, 2.24) is 49.9 Å². The van der Waals surface area contributed by atoms with E-state index in [0.717, 1.165) is 36.5 Å². The molecule has 0 unspecified atom stereocenters. The highest BCUT2D eigenvalue weighted by molar-refractivity contribution is 7.98. The highest BCUT2D eigenvalue weighted by Gasteiger charge is 2.53. The van der Waals surface area contributed by atoms with Crippen LogP contribution in [0.15, 0.2) is 113 Å². The fourth-order valence-corrected chi connectivity index (χ4v) is 13.0. The van der Waals surface area contributed by atoms with Crippen molar-refractivity contribution in [3.05, 3.63) is 130 Å². The van der Waals surface area contributed by atoms with Gasteiger partial charge in [0.15, 0.2) is 23.5 Å². The fraction of sp³-hybridized carbons (Fsp3) is 0.556. The van der Waals surface area contributed by atoms with Crippen molar-refractivity contribution in [3.63, 3.8) is 0 Å². The van der Waals surface area contributed by atoms with Crippen LogP contribution in [0.5, 0.6) is 0 Å². The van der Waals surface area contributed by atoms with Gasteiger partial charge in [-0.2, -0.15) is 78.1 Å². The number of rotatable bonds is 21. The predicted molar refractivity (Wildman–Crippen MR) is 441 cm³/mol. The van der Waals surface area contributed by atoms with Crippen molar-refractivity contribution >= 4 is 96.6 Å². The maximum absolute atomic E-state index is 12.2. The van der Waals surface area contributed by atoms with Crippen LogP contribution in [0.1, 0.15) is 86.9 Å². The molecule has 0 spiro atoms. The highest BCUT2D eigenvalue weighted by atomic mass is 32.2. The number of primary amides is 2. The molecule has 2 amide bonds. The standard InChI is InChI=1S/C18H21N9O2.C14H13N7OS.C9H14O5.C9H12O5.C7H8F6O7S2.C5H8N6O.C5H12N2O.C5H10O3/c19-14-10-29-7-4-15(14)25-18-21-9-13(16(20)28)17(26-18)24-11-2-1-3-12(8-11)27-22-5-6-23-27;1-23-14-16-8-11(12(15)22)13(20-14)19-9-3-2-4-10(7-9)21-17-5-6-18-21;2*1-6(10)13-8-3-4-12-5-9(8)14-7(2)11;8-6(9,10)21(14,15)19-4-1-2-18-3-5(4)20-22(16,17)7(11,12)13;6-10-8-4-1-2-12-3-5(4)9-11-7;2*6-4-1-2-8-3-5(4)7/h1-3,5-6,8-9,14-15H,4,7,10,19H2,(H2,20,28)(H2,21,24,25,26);2-8H,1H3,(H2,15,22)(H,16,19,20);8-9H,3-5H2,1-2H3;3-4,8-9H,5H2,1-2H3;4-5H,1-3H2;4-5H,1-3H2;4-5H,1-3,6-7H2;4-7H,1-3H2/t14-,15+;;2*8-,9+;4*4-,5+/m0.000110/s1. The largest absolute Gasteiger partial charge is 0.523 e. The molecule has 13 rings (SSSR count). The molecule has 14 atom stereocenters. The highest BCUT2D eigenvalue weighted by Crippen LogP contribution is 2.33. The molecule has 0 bridgehead atoms. The van der Waals surface area contributed by atoms with E-state index >= 15 is 0 Å². The van der Waals surface area contributed by atoms with Crippen LogP contribution in [-0.2, 0) is 99.9 Å². The van der Waals surface area contributed by atoms with Crippen LogP contribution < -0.4 is 44.6 Å². The number of amides is 2. The van der Waals surface area contributed by atoms with E-state index in [-0.39, 0.29) is 85.9 Å². The van der Waals surface area contributed by atoms with Gasteiger partial charge in [-0.05, 0) is 85.5 Å². The van der Waals surface area contributed by atoms with Crippen LogP contribution in [0.3, 0.4) is 0 Å². The van der Waals surface area contributed by atoms with Gasteiger partial charge in [0.1, 0.15) is 53.8 Å². The van der Waals surface area contributed by atoms with Crippen molar-refractivity contribution in [3.8, 4) is 11.4 Å². The Hall–Kier alpha value is -11.4. The number of benzene rings is 2. The molecule has 49 nitrogen and oxygen atoms in total. The molecule has 716 valence electrons. The third kappa shape index (κ3) is 36.8. The number of aliphatic hydroxyl groups is 2. The summed E-state index contributed by atoms with van der Waals surface area (Å²) in [5.41, 5.74) is 36.1. The quantitative estimate of drug-likeness (QED) is 0.00470. The summed E-state index contributed by atoms with van der Waals surface area (Å²) in [6, 6.07) is 14.2. The van der Waals surface area contributed by atoms with Gasteiger partial charge in [0, 0.05) is 131 Å². The second kappa shape index (κ2) is 53.6. The second-order valence-corrected chi connectivity index (χ2v) is 31.5. The number of hydrogen-bond acceptors (Lipinski definition) is 42. The molecule has 0 radical (unpaired) electrons. The minimum atomic E-state index is -6.16. The predicted octanol–water partition coefficient (Wildman–Crippen LogP) is 3.54. The molecule has 7 aliphatic heterocycles. The van der Waals surface area contributed by atoms with Crippen LogP contribution in [0, 0.1) is 0 Å². The number of aromatic nitrogens is 10. The number of anilines is 5. The van der Waals surface area contributed by atoms with E-state index in [4.69, 9.17) is 97.3 Å². The van der Waals surface area contributed by atoms with Crippen LogP contribution in [0.2, 0.25) is 0 Å². The van der Waals surface area contributed by atoms with Crippen molar-refractivity contribution in [2.24, 2.45) is 38.9 Å². The molecule has 6 aromatic rings. The van der Waals surface area contributed by atoms with Crippen LogP contribution in [0.4, 0.5) is 55.3 Å². The number of nitrogens with zero attached hydrogens (tertiary/aromatic N) is 16. The minimum Gasteiger partial charge on any atom is -0.497 e. The Balaban J connectivity index is 0.000000237. The summed E-state index contributed by atoms with van der Waals surface area (Å²) in [4.78, 5) is 91.6. The molecule has 0 saturated carbocycles. The first-order valence-electron chi connectivity index (χ1n) is 38.9. The maximum atomic E-state index is 12.2. The van der Waals surface area contributed by atoms with Crippen molar-refractivity contribution in [2.45, 2.75) is 167 Å². The summed E-state index contributed by atoms with van der Waals surface area (Å²) in [7, 11) is -12.3. The molecular formula is C72H98F6N24O25S3. The number of ether oxygens (including phenoxy) is 11. The zero-order valence-corrected chi connectivity index (χ0v) is 72.5. The lowest BCUT2D eigenvalue weighted by molar-refractivity contribution is -0.179. The average molecular weight is 1910 g/mol. The van der Waals surface area contributed by atoms with E-state index in [1.807, 2.05) is 54.8 Å². The first-order chi connectivity index (χ1) is 61.6. The van der Waals surface area contributed by atoms with Crippen molar-refractivity contribution < 1.29 is 143 Å². The number of halogens is 6. The third-order valence-electron chi connectivity index (χ3n) is 17.7. The van der Waals surface area contributed by atoms with Crippen molar-refractivity contribution in [2.75, 3.05) is 108 Å². The SMILES string of the molecule is CC(=O)O[C@H]1C=COC[C@H]1OC(C)=O.CC(=O)O[C@H]1CCOC[C@H]1OC(C)=O.CSc1ncc(C(N)=O)c(Nc2cccc(-n3nccn3)c2)n1.NC(=O)c1cnc(N[C@@H]2CCOC[C@@H]2N)nc1Nc1cccc(-n2nccn2)c1.N[C@@H]1CCOC[C@@H]1N.O=S(=O)(O[C@H]1CCOC[C@H]1OS(=O)(=O)C(F)(F)F)C(F)(F)F.O[C@@H]1COCC[C@@H]1O.[N-]=[N+]=N[C@H]1COCC[C@H]1N=[N+]=[N-]. The summed E-state index contributed by atoms with van der Waals surface area (Å²) in [5, 5.41) is 51.0. The summed E-state index contributed by atoms with van der Waals surface area (Å²) >= 11 is 1.38. The Kier molecular flexibility index (Phi) is 44.3. The monoisotopic (exact) mass is 1910 g/mol. The minimum absolute atomic E-state index is 0.0229. The van der Waals surface area contributed by atoms with Gasteiger partial charge < -0.3 is 107 Å². The van der Waals surface area contributed by atoms with Gasteiger partial charge in [0.05, 0.1) is 107 Å². The molecular weight excluding hydrogens is 1810 g/mol. The molecule has 0 aliphatic carbocycles. The number of nitrogens with one attached hydrogen (secondary N) is 3. The van der Waals surface area contributed by atoms with Gasteiger partial charge in [-0.15, -0.1) is 0 Å². The number of azide groups is 2. The molecule has 11 heterocycles. The van der Waals surface area contributed by atoms with E-state index in [0.29, 0.717) is 93.9 Å². The molecule has 4 aromatic heterocycles. The maximum Gasteiger partial charge on any atom is 0.523 e. The Morgan fingerprint density at radius 1 is 0.531 bits per heavy atom. The molecule has 7 aliphatic rings. The number of hydrogen-bond donors (Lipinski definition) is 10. The Morgan fingerprint density at radius 3 is 1.47 bits per heavy atom. The fourth-order valence-electron chi connectivity index (χ4n) is 11.3. The van der Waals surface area contributed by atoms with Gasteiger partial charge in [0.25, 0.3) is 11.8 Å². The first-order valence-corrected chi connectivity index (χ1v) is 42.9. The van der Waals surface area contributed by atoms with Crippen LogP contribution >= 0.6 is 11.8 Å². The molecule has 2 aromatic carbocycles. The number of nitrogens with two attached hydrogens (primary N) is 5. The Labute approximate surface area is 741 Å². The molecule has 15 N–H and O–H groups in total. The smallest absolute Gasteiger partial charge is 0.497 e. The van der Waals surface area contributed by atoms with Crippen LogP contribution in [0.25, 0.3) is 32.3 Å². The van der Waals surface area contributed by atoms with Gasteiger partial charge in [-0.25, -0.2) is 15.0 Å². The van der Waals surface area contributed by atoms with Crippen LogP contribution in [-0.4, -0.2) is 301 Å². The molecule has 58 heteroatoms. The normalized spacial score (nSPS) is 23.4. The lowest BCUT2D eigenvalue weighted by Crippen LogP contribution is -2.48. The molecule has 6 fully saturated rings. The number of aliphatic hydroxyl groups excluding tert-OH is 2. The lowest BCUT2D eigenvalue weighted by Gasteiger charge is -2.30. The average Bonchev–Trinajstić information content (AvgIpc) is 0.829. The van der Waals surface area contributed by atoms with E-state index in [1.54, 1.807) is 30.9 Å². The Morgan fingerprint density at radius 2 is 0.985 bits per heavy atom. The topological polar surface area (TPSA) is 708 Å². The number of esters is 4. The van der Waals surface area contributed by atoms with Gasteiger partial charge in [-0.1, -0.05) is 34.1 Å². The number of carbonyl (C=O) groups is 6. The Bertz CT molecular complexity index is 4820. The molecule has 6 saturated heterocycles. The van der Waals surface area contributed by atoms with E-state index in [1.165, 1.54) is 67.7 Å². The molecule has 130 heavy (non-hydrogen) atoms. The first kappa shape index (κ1) is 107. The van der Waals surface area contributed by atoms with Gasteiger partial charge in [0.2, 0.25) is 5.95 Å². The summed E-state index contributed by atoms with van der Waals surface area (Å²) in [6.45, 7) is 9.24. The summed E-state index contributed by atoms with van der Waals surface area (Å²) in [6.07, 6.45) is 9.31. The zero-order valence-electron chi connectivity index (χ0n) is 70.1. The number of thioether (sulfide) groups is 1. The summed E-state index contributed by atoms with van der Waals surface area (Å²) < 4.78 is 178. The lowest BCUT2D eigenvalue weighted by atomic mass is 10.1. The third-order valence-corrected chi connectivity index (χ3v) is 20.4. The zero-order chi connectivity index (χ0) is 95.7. The van der Waals surface area contributed by atoms with Gasteiger partial charge in [-0.3, -0.25) is 37.1 Å². The number of carbonyl (C=O) groups excluding carboxylic acids is 6. The second-order valence-electron chi connectivity index (χ2n) is 27.6. The number of alkyl halides is 6. The van der Waals surface area contributed by atoms with E-state index < -0.39 is 117 Å².